The number of amides is 1. The van der Waals surface area contributed by atoms with Crippen molar-refractivity contribution in [1.29, 1.82) is 0 Å². The zero-order valence-corrected chi connectivity index (χ0v) is 12.0. The molecule has 20 heavy (non-hydrogen) atoms. The van der Waals surface area contributed by atoms with E-state index in [2.05, 4.69) is 0 Å². The average Bonchev–Trinajstić information content (AvgIpc) is 2.46. The van der Waals surface area contributed by atoms with Gasteiger partial charge in [0.1, 0.15) is 0 Å². The average molecular weight is 278 g/mol. The molecule has 1 aliphatic rings. The molecule has 2 unspecified atom stereocenters. The van der Waals surface area contributed by atoms with Crippen LogP contribution in [0.2, 0.25) is 0 Å². The summed E-state index contributed by atoms with van der Waals surface area (Å²) in [6.45, 7) is 3.60. The normalized spacial score (nSPS) is 23.6. The van der Waals surface area contributed by atoms with Crippen molar-refractivity contribution < 1.29 is 14.6 Å². The number of anilines is 1. The Morgan fingerprint density at radius 2 is 2.10 bits per heavy atom. The second kappa shape index (κ2) is 6.83. The van der Waals surface area contributed by atoms with Crippen LogP contribution in [0.1, 0.15) is 6.92 Å². The van der Waals surface area contributed by atoms with E-state index >= 15 is 0 Å². The second-order valence-electron chi connectivity index (χ2n) is 5.23. The molecule has 1 aliphatic heterocycles. The number of carbonyl (C=O) groups is 1. The molecule has 1 heterocycles. The van der Waals surface area contributed by atoms with E-state index in [0.717, 1.165) is 5.69 Å². The van der Waals surface area contributed by atoms with Gasteiger partial charge in [-0.2, -0.15) is 0 Å². The highest BCUT2D eigenvalue weighted by Gasteiger charge is 2.26. The lowest BCUT2D eigenvalue weighted by Crippen LogP contribution is -2.51. The van der Waals surface area contributed by atoms with Crippen LogP contribution in [0.4, 0.5) is 5.69 Å². The van der Waals surface area contributed by atoms with E-state index in [9.17, 15) is 9.90 Å². The number of ether oxygens (including phenoxy) is 1. The first-order valence-corrected chi connectivity index (χ1v) is 6.90. The molecule has 2 atom stereocenters. The van der Waals surface area contributed by atoms with Crippen LogP contribution in [0.25, 0.3) is 0 Å². The van der Waals surface area contributed by atoms with E-state index < -0.39 is 0 Å². The summed E-state index contributed by atoms with van der Waals surface area (Å²) in [6, 6.07) is 9.58. The standard InChI is InChI=1S/C15H22N2O3/c1-12-8-17(9-14(11-18)20-12)10-15(19)16(2)13-6-4-3-5-7-13/h3-7,12,14,18H,8-11H2,1-2H3. The van der Waals surface area contributed by atoms with Crippen LogP contribution in [-0.4, -0.2) is 61.4 Å². The number of carbonyl (C=O) groups excluding carboxylic acids is 1. The lowest BCUT2D eigenvalue weighted by atomic mass is 10.2. The highest BCUT2D eigenvalue weighted by atomic mass is 16.5. The van der Waals surface area contributed by atoms with Crippen molar-refractivity contribution in [2.24, 2.45) is 0 Å². The van der Waals surface area contributed by atoms with Crippen LogP contribution in [0.5, 0.6) is 0 Å². The third-order valence-electron chi connectivity index (χ3n) is 3.48. The van der Waals surface area contributed by atoms with Crippen LogP contribution in [0.3, 0.4) is 0 Å². The third kappa shape index (κ3) is 3.79. The van der Waals surface area contributed by atoms with E-state index in [-0.39, 0.29) is 24.7 Å². The first kappa shape index (κ1) is 15.0. The van der Waals surface area contributed by atoms with Gasteiger partial charge in [-0.15, -0.1) is 0 Å². The fraction of sp³-hybridized carbons (Fsp3) is 0.533. The minimum absolute atomic E-state index is 0.0104. The van der Waals surface area contributed by atoms with E-state index in [1.807, 2.05) is 42.2 Å². The zero-order valence-electron chi connectivity index (χ0n) is 12.0. The number of nitrogens with zero attached hydrogens (tertiary/aromatic N) is 2. The highest BCUT2D eigenvalue weighted by molar-refractivity contribution is 5.94. The summed E-state index contributed by atoms with van der Waals surface area (Å²) in [7, 11) is 1.78. The Bertz CT molecular complexity index is 438. The van der Waals surface area contributed by atoms with Gasteiger partial charge in [-0.3, -0.25) is 9.69 Å². The largest absolute Gasteiger partial charge is 0.394 e. The first-order chi connectivity index (χ1) is 9.60. The summed E-state index contributed by atoms with van der Waals surface area (Å²) in [5.74, 6) is 0.0435. The molecule has 0 aliphatic carbocycles. The van der Waals surface area contributed by atoms with Gasteiger partial charge in [0.2, 0.25) is 5.91 Å². The maximum Gasteiger partial charge on any atom is 0.240 e. The Morgan fingerprint density at radius 1 is 1.40 bits per heavy atom. The molecule has 0 bridgehead atoms. The fourth-order valence-electron chi connectivity index (χ4n) is 2.46. The molecule has 5 nitrogen and oxygen atoms in total. The van der Waals surface area contributed by atoms with Gasteiger partial charge >= 0.3 is 0 Å². The summed E-state index contributed by atoms with van der Waals surface area (Å²) in [5.41, 5.74) is 0.887. The molecule has 1 aromatic rings. The predicted molar refractivity (Wildman–Crippen MR) is 77.7 cm³/mol. The van der Waals surface area contributed by atoms with Gasteiger partial charge in [0.15, 0.2) is 0 Å². The molecule has 2 rings (SSSR count). The predicted octanol–water partition coefficient (Wildman–Crippen LogP) is 0.731. The topological polar surface area (TPSA) is 53.0 Å². The number of hydrogen-bond donors (Lipinski definition) is 1. The summed E-state index contributed by atoms with van der Waals surface area (Å²) in [4.78, 5) is 16.0. The SMILES string of the molecule is CC1CN(CC(=O)N(C)c2ccccc2)CC(CO)O1. The third-order valence-corrected chi connectivity index (χ3v) is 3.48. The van der Waals surface area contributed by atoms with Crippen LogP contribution in [-0.2, 0) is 9.53 Å². The molecule has 1 fully saturated rings. The molecule has 0 radical (unpaired) electrons. The van der Waals surface area contributed by atoms with Crippen molar-refractivity contribution in [3.05, 3.63) is 30.3 Å². The Hall–Kier alpha value is -1.43. The van der Waals surface area contributed by atoms with Crippen molar-refractivity contribution >= 4 is 11.6 Å². The molecule has 5 heteroatoms. The van der Waals surface area contributed by atoms with Crippen molar-refractivity contribution in [3.63, 3.8) is 0 Å². The van der Waals surface area contributed by atoms with Gasteiger partial charge in [-0.25, -0.2) is 0 Å². The van der Waals surface area contributed by atoms with Gasteiger partial charge in [0.05, 0.1) is 25.4 Å². The number of aliphatic hydroxyl groups excluding tert-OH is 1. The molecule has 0 spiro atoms. The van der Waals surface area contributed by atoms with Gasteiger partial charge in [0, 0.05) is 25.8 Å². The summed E-state index contributed by atoms with van der Waals surface area (Å²) in [6.07, 6.45) is -0.163. The van der Waals surface area contributed by atoms with E-state index in [4.69, 9.17) is 4.74 Å². The molecule has 110 valence electrons. The van der Waals surface area contributed by atoms with E-state index in [0.29, 0.717) is 19.6 Å². The van der Waals surface area contributed by atoms with Crippen molar-refractivity contribution in [1.82, 2.24) is 4.90 Å². The minimum Gasteiger partial charge on any atom is -0.394 e. The minimum atomic E-state index is -0.200. The number of rotatable bonds is 4. The lowest BCUT2D eigenvalue weighted by molar-refractivity contribution is -0.126. The molecule has 1 aromatic carbocycles. The fourth-order valence-corrected chi connectivity index (χ4v) is 2.46. The van der Waals surface area contributed by atoms with E-state index in [1.54, 1.807) is 11.9 Å². The zero-order chi connectivity index (χ0) is 14.5. The van der Waals surface area contributed by atoms with Gasteiger partial charge in [-0.05, 0) is 19.1 Å². The molecular formula is C15H22N2O3. The Labute approximate surface area is 119 Å². The molecule has 1 amide bonds. The summed E-state index contributed by atoms with van der Waals surface area (Å²) >= 11 is 0. The number of likely N-dealkylation sites (N-methyl/N-ethyl adjacent to an activating group) is 1. The monoisotopic (exact) mass is 278 g/mol. The second-order valence-corrected chi connectivity index (χ2v) is 5.23. The van der Waals surface area contributed by atoms with Crippen LogP contribution in [0.15, 0.2) is 30.3 Å². The number of benzene rings is 1. The Balaban J connectivity index is 1.94. The molecular weight excluding hydrogens is 256 g/mol. The number of aliphatic hydroxyl groups is 1. The molecule has 0 saturated carbocycles. The highest BCUT2D eigenvalue weighted by Crippen LogP contribution is 2.14. The summed E-state index contributed by atoms with van der Waals surface area (Å²) in [5, 5.41) is 9.20. The van der Waals surface area contributed by atoms with Crippen molar-refractivity contribution in [3.8, 4) is 0 Å². The smallest absolute Gasteiger partial charge is 0.240 e. The number of para-hydroxylation sites is 1. The maximum atomic E-state index is 12.3. The van der Waals surface area contributed by atoms with Gasteiger partial charge in [-0.1, -0.05) is 18.2 Å². The Morgan fingerprint density at radius 3 is 2.75 bits per heavy atom. The van der Waals surface area contributed by atoms with Gasteiger partial charge in [0.25, 0.3) is 0 Å². The number of hydrogen-bond acceptors (Lipinski definition) is 4. The quantitative estimate of drug-likeness (QED) is 0.882. The summed E-state index contributed by atoms with van der Waals surface area (Å²) < 4.78 is 5.58. The number of morpholine rings is 1. The van der Waals surface area contributed by atoms with Crippen LogP contribution in [0, 0.1) is 0 Å². The van der Waals surface area contributed by atoms with Crippen molar-refractivity contribution in [2.45, 2.75) is 19.1 Å². The first-order valence-electron chi connectivity index (χ1n) is 6.90. The van der Waals surface area contributed by atoms with Gasteiger partial charge < -0.3 is 14.7 Å². The molecule has 1 saturated heterocycles. The van der Waals surface area contributed by atoms with E-state index in [1.165, 1.54) is 0 Å². The van der Waals surface area contributed by atoms with Crippen LogP contribution >= 0.6 is 0 Å². The van der Waals surface area contributed by atoms with Crippen molar-refractivity contribution in [2.75, 3.05) is 38.2 Å². The maximum absolute atomic E-state index is 12.3. The van der Waals surface area contributed by atoms with Crippen LogP contribution < -0.4 is 4.90 Å². The molecule has 0 aromatic heterocycles. The lowest BCUT2D eigenvalue weighted by Gasteiger charge is -2.36. The Kier molecular flexibility index (Phi) is 5.11. The molecule has 1 N–H and O–H groups in total.